The monoisotopic (exact) mass is 246 g/mol. The Labute approximate surface area is 111 Å². The van der Waals surface area contributed by atoms with Crippen LogP contribution in [0.15, 0.2) is 30.3 Å². The van der Waals surface area contributed by atoms with Crippen molar-refractivity contribution in [1.82, 2.24) is 10.2 Å². The molecule has 1 aliphatic heterocycles. The van der Waals surface area contributed by atoms with E-state index in [2.05, 4.69) is 54.4 Å². The number of benzene rings is 1. The maximum absolute atomic E-state index is 3.69. The second-order valence-corrected chi connectivity index (χ2v) is 5.71. The van der Waals surface area contributed by atoms with Gasteiger partial charge in [-0.1, -0.05) is 37.3 Å². The fraction of sp³-hybridized carbons (Fsp3) is 0.625. The molecular weight excluding hydrogens is 220 g/mol. The summed E-state index contributed by atoms with van der Waals surface area (Å²) in [6, 6.07) is 10.8. The minimum absolute atomic E-state index is 0.299. The molecule has 0 aromatic heterocycles. The van der Waals surface area contributed by atoms with Gasteiger partial charge in [0, 0.05) is 18.6 Å². The highest BCUT2D eigenvalue weighted by Gasteiger charge is 2.26. The number of nitrogens with one attached hydrogen (secondary N) is 1. The van der Waals surface area contributed by atoms with Gasteiger partial charge in [0.2, 0.25) is 0 Å². The van der Waals surface area contributed by atoms with E-state index in [9.17, 15) is 0 Å². The molecule has 0 saturated carbocycles. The molecule has 0 bridgehead atoms. The fourth-order valence-electron chi connectivity index (χ4n) is 2.68. The van der Waals surface area contributed by atoms with Crippen LogP contribution in [-0.2, 0) is 6.42 Å². The third-order valence-electron chi connectivity index (χ3n) is 4.12. The van der Waals surface area contributed by atoms with E-state index in [1.165, 1.54) is 44.5 Å². The van der Waals surface area contributed by atoms with Gasteiger partial charge in [0.25, 0.3) is 0 Å². The summed E-state index contributed by atoms with van der Waals surface area (Å²) < 4.78 is 0. The van der Waals surface area contributed by atoms with Crippen molar-refractivity contribution in [2.24, 2.45) is 0 Å². The van der Waals surface area contributed by atoms with Crippen LogP contribution < -0.4 is 5.32 Å². The van der Waals surface area contributed by atoms with E-state index in [1.807, 2.05) is 0 Å². The Morgan fingerprint density at radius 3 is 2.78 bits per heavy atom. The van der Waals surface area contributed by atoms with Gasteiger partial charge in [-0.15, -0.1) is 0 Å². The van der Waals surface area contributed by atoms with E-state index in [-0.39, 0.29) is 0 Å². The minimum Gasteiger partial charge on any atom is -0.310 e. The van der Waals surface area contributed by atoms with E-state index in [0.29, 0.717) is 5.54 Å². The predicted octanol–water partition coefficient (Wildman–Crippen LogP) is 2.69. The van der Waals surface area contributed by atoms with Crippen molar-refractivity contribution in [3.8, 4) is 0 Å². The van der Waals surface area contributed by atoms with Crippen LogP contribution in [0.1, 0.15) is 32.3 Å². The molecule has 1 heterocycles. The van der Waals surface area contributed by atoms with Crippen molar-refractivity contribution < 1.29 is 0 Å². The Kier molecular flexibility index (Phi) is 4.79. The van der Waals surface area contributed by atoms with E-state index in [0.717, 1.165) is 6.54 Å². The summed E-state index contributed by atoms with van der Waals surface area (Å²) >= 11 is 0. The zero-order chi connectivity index (χ0) is 12.8. The van der Waals surface area contributed by atoms with Gasteiger partial charge >= 0.3 is 0 Å². The maximum atomic E-state index is 3.69. The highest BCUT2D eigenvalue weighted by Crippen LogP contribution is 2.15. The average Bonchev–Trinajstić information content (AvgIpc) is 2.60. The number of hydrogen-bond donors (Lipinski definition) is 1. The Morgan fingerprint density at radius 2 is 2.06 bits per heavy atom. The fourth-order valence-corrected chi connectivity index (χ4v) is 2.68. The van der Waals surface area contributed by atoms with Gasteiger partial charge in [0.15, 0.2) is 0 Å². The third-order valence-corrected chi connectivity index (χ3v) is 4.12. The summed E-state index contributed by atoms with van der Waals surface area (Å²) in [6.45, 7) is 9.39. The number of nitrogens with zero attached hydrogens (tertiary/aromatic N) is 1. The molecule has 0 radical (unpaired) electrons. The highest BCUT2D eigenvalue weighted by molar-refractivity contribution is 5.14. The summed E-state index contributed by atoms with van der Waals surface area (Å²) in [5.41, 5.74) is 1.75. The van der Waals surface area contributed by atoms with Crippen molar-refractivity contribution in [2.45, 2.75) is 38.6 Å². The van der Waals surface area contributed by atoms with Crippen LogP contribution in [0.3, 0.4) is 0 Å². The normalized spacial score (nSPS) is 25.9. The highest BCUT2D eigenvalue weighted by atomic mass is 15.2. The lowest BCUT2D eigenvalue weighted by atomic mass is 9.98. The predicted molar refractivity (Wildman–Crippen MR) is 77.9 cm³/mol. The second kappa shape index (κ2) is 6.35. The van der Waals surface area contributed by atoms with Crippen molar-refractivity contribution in [3.63, 3.8) is 0 Å². The summed E-state index contributed by atoms with van der Waals surface area (Å²) in [4.78, 5) is 2.62. The quantitative estimate of drug-likeness (QED) is 0.878. The molecule has 1 N–H and O–H groups in total. The minimum atomic E-state index is 0.299. The zero-order valence-corrected chi connectivity index (χ0v) is 11.8. The molecule has 1 atom stereocenters. The lowest BCUT2D eigenvalue weighted by Gasteiger charge is -2.32. The largest absolute Gasteiger partial charge is 0.310 e. The van der Waals surface area contributed by atoms with Crippen molar-refractivity contribution in [1.29, 1.82) is 0 Å². The molecule has 1 saturated heterocycles. The van der Waals surface area contributed by atoms with E-state index in [1.54, 1.807) is 0 Å². The summed E-state index contributed by atoms with van der Waals surface area (Å²) in [7, 11) is 0. The van der Waals surface area contributed by atoms with Gasteiger partial charge in [-0.2, -0.15) is 0 Å². The summed E-state index contributed by atoms with van der Waals surface area (Å²) in [5.74, 6) is 0. The Bertz CT molecular complexity index is 349. The SMILES string of the molecule is CCC1(C)CN(CCc2ccccc2)CCCN1. The summed E-state index contributed by atoms with van der Waals surface area (Å²) in [6.07, 6.45) is 3.64. The van der Waals surface area contributed by atoms with E-state index >= 15 is 0 Å². The van der Waals surface area contributed by atoms with E-state index in [4.69, 9.17) is 0 Å². The van der Waals surface area contributed by atoms with Gasteiger partial charge in [0.1, 0.15) is 0 Å². The molecule has 2 heteroatoms. The first-order valence-corrected chi connectivity index (χ1v) is 7.23. The molecule has 1 aromatic rings. The third kappa shape index (κ3) is 3.82. The molecule has 100 valence electrons. The maximum Gasteiger partial charge on any atom is 0.0277 e. The van der Waals surface area contributed by atoms with Crippen LogP contribution in [0.25, 0.3) is 0 Å². The molecule has 1 aliphatic rings. The van der Waals surface area contributed by atoms with Crippen molar-refractivity contribution in [3.05, 3.63) is 35.9 Å². The van der Waals surface area contributed by atoms with Crippen LogP contribution in [-0.4, -0.2) is 36.6 Å². The lowest BCUT2D eigenvalue weighted by molar-refractivity contribution is 0.217. The first-order valence-electron chi connectivity index (χ1n) is 7.23. The molecule has 2 nitrogen and oxygen atoms in total. The van der Waals surface area contributed by atoms with Crippen LogP contribution in [0.4, 0.5) is 0 Å². The van der Waals surface area contributed by atoms with Crippen LogP contribution in [0, 0.1) is 0 Å². The van der Waals surface area contributed by atoms with E-state index < -0.39 is 0 Å². The smallest absolute Gasteiger partial charge is 0.0277 e. The molecule has 0 aliphatic carbocycles. The Hall–Kier alpha value is -0.860. The average molecular weight is 246 g/mol. The van der Waals surface area contributed by atoms with Gasteiger partial charge in [-0.3, -0.25) is 0 Å². The topological polar surface area (TPSA) is 15.3 Å². The molecule has 1 unspecified atom stereocenters. The van der Waals surface area contributed by atoms with Gasteiger partial charge in [-0.25, -0.2) is 0 Å². The van der Waals surface area contributed by atoms with Crippen LogP contribution >= 0.6 is 0 Å². The van der Waals surface area contributed by atoms with Gasteiger partial charge in [0.05, 0.1) is 0 Å². The van der Waals surface area contributed by atoms with Gasteiger partial charge in [-0.05, 0) is 44.8 Å². The molecule has 1 fully saturated rings. The standard InChI is InChI=1S/C16H26N2/c1-3-16(2)14-18(12-7-11-17-16)13-10-15-8-5-4-6-9-15/h4-6,8-9,17H,3,7,10-14H2,1-2H3. The lowest BCUT2D eigenvalue weighted by Crippen LogP contribution is -2.48. The Morgan fingerprint density at radius 1 is 1.28 bits per heavy atom. The molecule has 1 aromatic carbocycles. The molecule has 2 rings (SSSR count). The van der Waals surface area contributed by atoms with Crippen molar-refractivity contribution in [2.75, 3.05) is 26.2 Å². The first kappa shape index (κ1) is 13.6. The zero-order valence-electron chi connectivity index (χ0n) is 11.8. The van der Waals surface area contributed by atoms with Crippen molar-refractivity contribution >= 4 is 0 Å². The first-order chi connectivity index (χ1) is 8.72. The Balaban J connectivity index is 1.88. The van der Waals surface area contributed by atoms with Crippen LogP contribution in [0.5, 0.6) is 0 Å². The second-order valence-electron chi connectivity index (χ2n) is 5.71. The van der Waals surface area contributed by atoms with Gasteiger partial charge < -0.3 is 10.2 Å². The molecule has 0 spiro atoms. The number of rotatable bonds is 4. The molecule has 0 amide bonds. The summed E-state index contributed by atoms with van der Waals surface area (Å²) in [5, 5.41) is 3.69. The molecule has 18 heavy (non-hydrogen) atoms. The molecular formula is C16H26N2. The van der Waals surface area contributed by atoms with Crippen LogP contribution in [0.2, 0.25) is 0 Å². The number of hydrogen-bond acceptors (Lipinski definition) is 2.